The van der Waals surface area contributed by atoms with Crippen molar-refractivity contribution in [2.24, 2.45) is 0 Å². The fraction of sp³-hybridized carbons (Fsp3) is 0.947. The van der Waals surface area contributed by atoms with Crippen LogP contribution in [0.2, 0.25) is 0 Å². The molecule has 2 heterocycles. The van der Waals surface area contributed by atoms with E-state index in [1.54, 1.807) is 0 Å². The van der Waals surface area contributed by atoms with Gasteiger partial charge >= 0.3 is 6.03 Å². The van der Waals surface area contributed by atoms with Gasteiger partial charge in [0, 0.05) is 12.1 Å². The molecule has 6 unspecified atom stereocenters. The number of fused-ring (bicyclic) bond motifs is 1. The third kappa shape index (κ3) is 6.82. The summed E-state index contributed by atoms with van der Waals surface area (Å²) in [4.78, 5) is 14.7. The molecule has 5 N–H and O–H groups in total. The molecule has 3 fully saturated rings. The molecule has 0 radical (unpaired) electrons. The van der Waals surface area contributed by atoms with Gasteiger partial charge in [0.2, 0.25) is 0 Å². The summed E-state index contributed by atoms with van der Waals surface area (Å²) in [5, 5.41) is 16.5. The fourth-order valence-corrected chi connectivity index (χ4v) is 4.28. The van der Waals surface area contributed by atoms with Crippen molar-refractivity contribution in [1.82, 2.24) is 31.5 Å². The van der Waals surface area contributed by atoms with Crippen LogP contribution in [0.4, 0.5) is 4.79 Å². The second kappa shape index (κ2) is 10.7. The summed E-state index contributed by atoms with van der Waals surface area (Å²) >= 11 is 0. The predicted molar refractivity (Wildman–Crippen MR) is 108 cm³/mol. The van der Waals surface area contributed by atoms with Gasteiger partial charge in [-0.1, -0.05) is 0 Å². The van der Waals surface area contributed by atoms with Crippen LogP contribution in [0, 0.1) is 0 Å². The number of carbonyl (C=O) groups is 1. The second-order valence-electron chi connectivity index (χ2n) is 8.51. The molecule has 3 aliphatic rings. The number of nitrogens with zero attached hydrogens (tertiary/aromatic N) is 1. The van der Waals surface area contributed by atoms with Crippen molar-refractivity contribution in [3.05, 3.63) is 0 Å². The summed E-state index contributed by atoms with van der Waals surface area (Å²) in [6.45, 7) is 5.49. The van der Waals surface area contributed by atoms with Crippen LogP contribution in [0.5, 0.6) is 0 Å². The lowest BCUT2D eigenvalue weighted by Gasteiger charge is -2.40. The molecule has 2 saturated heterocycles. The Morgan fingerprint density at radius 3 is 2.64 bits per heavy atom. The molecule has 9 heteroatoms. The number of ether oxygens (including phenoxy) is 2. The van der Waals surface area contributed by atoms with Gasteiger partial charge in [0.15, 0.2) is 0 Å². The van der Waals surface area contributed by atoms with Crippen LogP contribution >= 0.6 is 0 Å². The molecule has 6 atom stereocenters. The molecule has 0 spiro atoms. The maximum absolute atomic E-state index is 12.5. The summed E-state index contributed by atoms with van der Waals surface area (Å²) in [5.41, 5.74) is 0. The number of hydrogen-bond acceptors (Lipinski definition) is 7. The Morgan fingerprint density at radius 1 is 1.07 bits per heavy atom. The number of rotatable bonds is 7. The van der Waals surface area contributed by atoms with Crippen molar-refractivity contribution in [2.45, 2.75) is 75.8 Å². The zero-order chi connectivity index (χ0) is 19.9. The van der Waals surface area contributed by atoms with Gasteiger partial charge in [0.25, 0.3) is 0 Å². The zero-order valence-corrected chi connectivity index (χ0v) is 17.5. The maximum Gasteiger partial charge on any atom is 0.317 e. The highest BCUT2D eigenvalue weighted by Crippen LogP contribution is 2.26. The first-order valence-electron chi connectivity index (χ1n) is 10.7. The molecule has 1 aliphatic carbocycles. The summed E-state index contributed by atoms with van der Waals surface area (Å²) in [7, 11) is 4.17. The average Bonchev–Trinajstić information content (AvgIpc) is 2.64. The van der Waals surface area contributed by atoms with E-state index in [1.165, 1.54) is 0 Å². The lowest BCUT2D eigenvalue weighted by molar-refractivity contribution is -0.157. The normalized spacial score (nSPS) is 36.0. The van der Waals surface area contributed by atoms with Crippen LogP contribution in [-0.2, 0) is 9.47 Å². The Labute approximate surface area is 168 Å². The van der Waals surface area contributed by atoms with Crippen LogP contribution in [0.25, 0.3) is 0 Å². The smallest absolute Gasteiger partial charge is 0.317 e. The monoisotopic (exact) mass is 398 g/mol. The highest BCUT2D eigenvalue weighted by molar-refractivity contribution is 5.74. The Kier molecular flexibility index (Phi) is 8.31. The van der Waals surface area contributed by atoms with E-state index in [4.69, 9.17) is 9.47 Å². The van der Waals surface area contributed by atoms with E-state index in [-0.39, 0.29) is 36.7 Å². The molecular formula is C19H38N6O3. The van der Waals surface area contributed by atoms with Crippen molar-refractivity contribution in [2.75, 3.05) is 40.4 Å². The molecule has 2 amide bonds. The van der Waals surface area contributed by atoms with Crippen molar-refractivity contribution in [3.63, 3.8) is 0 Å². The van der Waals surface area contributed by atoms with Crippen LogP contribution in [-0.4, -0.2) is 88.1 Å². The molecule has 0 bridgehead atoms. The third-order valence-corrected chi connectivity index (χ3v) is 5.67. The van der Waals surface area contributed by atoms with Crippen molar-refractivity contribution in [1.29, 1.82) is 0 Å². The lowest BCUT2D eigenvalue weighted by atomic mass is 9.90. The van der Waals surface area contributed by atoms with E-state index in [9.17, 15) is 4.79 Å². The molecule has 162 valence electrons. The van der Waals surface area contributed by atoms with Gasteiger partial charge in [0.1, 0.15) is 6.29 Å². The Morgan fingerprint density at radius 2 is 1.86 bits per heavy atom. The van der Waals surface area contributed by atoms with Gasteiger partial charge in [-0.2, -0.15) is 0 Å². The Bertz CT molecular complexity index is 494. The van der Waals surface area contributed by atoms with Crippen molar-refractivity contribution >= 4 is 6.03 Å². The summed E-state index contributed by atoms with van der Waals surface area (Å²) < 4.78 is 11.6. The van der Waals surface area contributed by atoms with E-state index in [1.807, 2.05) is 0 Å². The minimum atomic E-state index is -0.249. The summed E-state index contributed by atoms with van der Waals surface area (Å²) in [6, 6.07) is 0.302. The number of amides is 2. The number of urea groups is 1. The first kappa shape index (κ1) is 21.7. The number of hydrogen-bond donors (Lipinski definition) is 5. The van der Waals surface area contributed by atoms with Gasteiger partial charge in [-0.05, 0) is 66.2 Å². The van der Waals surface area contributed by atoms with E-state index in [2.05, 4.69) is 52.5 Å². The standard InChI is InChI=1S/C19H38N6O3/c1-13-11-17(20-7-4-8-25(2)3)23-18(21-13)24-19(26)22-14-5-6-15-16(12-14)28-10-9-27-15/h13-18,20-21,23H,4-12H2,1-3H3,(H2,22,24,26). The quantitative estimate of drug-likeness (QED) is 0.377. The molecule has 0 aromatic heterocycles. The van der Waals surface area contributed by atoms with Gasteiger partial charge in [-0.3, -0.25) is 10.6 Å². The molecule has 0 aromatic carbocycles. The van der Waals surface area contributed by atoms with E-state index >= 15 is 0 Å². The molecular weight excluding hydrogens is 360 g/mol. The highest BCUT2D eigenvalue weighted by Gasteiger charge is 2.35. The minimum Gasteiger partial charge on any atom is -0.373 e. The van der Waals surface area contributed by atoms with Crippen LogP contribution in [0.3, 0.4) is 0 Å². The first-order valence-corrected chi connectivity index (χ1v) is 10.7. The average molecular weight is 399 g/mol. The molecule has 2 aliphatic heterocycles. The highest BCUT2D eigenvalue weighted by atomic mass is 16.6. The van der Waals surface area contributed by atoms with Crippen molar-refractivity contribution < 1.29 is 14.3 Å². The molecule has 1 saturated carbocycles. The molecule has 3 rings (SSSR count). The van der Waals surface area contributed by atoms with Crippen LogP contribution in [0.1, 0.15) is 39.0 Å². The Balaban J connectivity index is 1.38. The Hall–Kier alpha value is -0.970. The van der Waals surface area contributed by atoms with E-state index in [0.717, 1.165) is 45.2 Å². The maximum atomic E-state index is 12.5. The van der Waals surface area contributed by atoms with E-state index < -0.39 is 0 Å². The SMILES string of the molecule is CC1CC(NCCCN(C)C)NC(NC(=O)NC2CCC3OCCOC3C2)N1. The largest absolute Gasteiger partial charge is 0.373 e. The van der Waals surface area contributed by atoms with Gasteiger partial charge in [-0.25, -0.2) is 4.79 Å². The topological polar surface area (TPSA) is 98.9 Å². The number of carbonyl (C=O) groups excluding carboxylic acids is 1. The molecule has 9 nitrogen and oxygen atoms in total. The lowest BCUT2D eigenvalue weighted by Crippen LogP contribution is -2.68. The zero-order valence-electron chi connectivity index (χ0n) is 17.5. The minimum absolute atomic E-state index is 0.106. The third-order valence-electron chi connectivity index (χ3n) is 5.67. The van der Waals surface area contributed by atoms with Crippen LogP contribution < -0.4 is 26.6 Å². The second-order valence-corrected chi connectivity index (χ2v) is 8.51. The van der Waals surface area contributed by atoms with Gasteiger partial charge in [-0.15, -0.1) is 0 Å². The predicted octanol–water partition coefficient (Wildman–Crippen LogP) is -0.255. The summed E-state index contributed by atoms with van der Waals surface area (Å²) in [6.07, 6.45) is 4.99. The van der Waals surface area contributed by atoms with Crippen LogP contribution in [0.15, 0.2) is 0 Å². The summed E-state index contributed by atoms with van der Waals surface area (Å²) in [5.74, 6) is 0. The van der Waals surface area contributed by atoms with Gasteiger partial charge < -0.3 is 30.3 Å². The van der Waals surface area contributed by atoms with Gasteiger partial charge in [0.05, 0.1) is 31.6 Å². The molecule has 28 heavy (non-hydrogen) atoms. The first-order chi connectivity index (χ1) is 13.5. The van der Waals surface area contributed by atoms with E-state index in [0.29, 0.717) is 19.3 Å². The van der Waals surface area contributed by atoms with Crippen molar-refractivity contribution in [3.8, 4) is 0 Å². The number of nitrogens with one attached hydrogen (secondary N) is 5. The molecule has 0 aromatic rings. The fourth-order valence-electron chi connectivity index (χ4n) is 4.28.